The number of allylic oxidation sites excluding steroid dienone is 1. The molecule has 8 heteroatoms. The van der Waals surface area contributed by atoms with Gasteiger partial charge in [0.2, 0.25) is 0 Å². The third kappa shape index (κ3) is 3.62. The molecule has 1 N–H and O–H groups in total. The van der Waals surface area contributed by atoms with Crippen LogP contribution >= 0.6 is 35.4 Å². The molecule has 2 aliphatic rings. The van der Waals surface area contributed by atoms with E-state index in [1.165, 1.54) is 0 Å². The van der Waals surface area contributed by atoms with E-state index in [0.29, 0.717) is 47.0 Å². The highest BCUT2D eigenvalue weighted by Gasteiger charge is 2.35. The Bertz CT molecular complexity index is 747. The van der Waals surface area contributed by atoms with Gasteiger partial charge in [-0.1, -0.05) is 29.3 Å². The summed E-state index contributed by atoms with van der Waals surface area (Å²) < 4.78 is 5.35. The summed E-state index contributed by atoms with van der Waals surface area (Å²) >= 11 is 17.6. The number of rotatable bonds is 2. The Labute approximate surface area is 162 Å². The third-order valence-electron chi connectivity index (χ3n) is 4.56. The molecule has 134 valence electrons. The fourth-order valence-corrected chi connectivity index (χ4v) is 3.55. The molecule has 0 bridgehead atoms. The quantitative estimate of drug-likeness (QED) is 0.774. The standard InChI is InChI=1S/C17H19Cl2N3O2S/c1-10-14(16(23)22-5-7-24-8-6-22)15(20-17(25)21(10)2)11-3-4-12(18)13(19)9-11/h3-4,9,15H,5-8H2,1-2H3,(H,20,25). The van der Waals surface area contributed by atoms with Crippen LogP contribution in [0, 0.1) is 0 Å². The van der Waals surface area contributed by atoms with Crippen molar-refractivity contribution < 1.29 is 9.53 Å². The number of halogens is 2. The van der Waals surface area contributed by atoms with E-state index in [9.17, 15) is 4.79 Å². The molecule has 1 aromatic rings. The van der Waals surface area contributed by atoms with Crippen LogP contribution in [0.1, 0.15) is 18.5 Å². The zero-order chi connectivity index (χ0) is 18.1. The minimum Gasteiger partial charge on any atom is -0.378 e. The van der Waals surface area contributed by atoms with Crippen LogP contribution in [-0.4, -0.2) is 54.2 Å². The van der Waals surface area contributed by atoms with Gasteiger partial charge in [0, 0.05) is 25.8 Å². The van der Waals surface area contributed by atoms with E-state index in [4.69, 9.17) is 40.2 Å². The lowest BCUT2D eigenvalue weighted by Crippen LogP contribution is -2.50. The Morgan fingerprint density at radius 1 is 1.28 bits per heavy atom. The van der Waals surface area contributed by atoms with Gasteiger partial charge in [-0.2, -0.15) is 0 Å². The van der Waals surface area contributed by atoms with E-state index in [2.05, 4.69) is 5.32 Å². The van der Waals surface area contributed by atoms with Gasteiger partial charge in [-0.15, -0.1) is 0 Å². The average Bonchev–Trinajstić information content (AvgIpc) is 2.62. The minimum atomic E-state index is -0.367. The molecule has 1 unspecified atom stereocenters. The van der Waals surface area contributed by atoms with Crippen molar-refractivity contribution in [1.29, 1.82) is 0 Å². The highest BCUT2D eigenvalue weighted by Crippen LogP contribution is 2.34. The molecule has 1 fully saturated rings. The molecule has 0 aromatic heterocycles. The van der Waals surface area contributed by atoms with Gasteiger partial charge in [0.25, 0.3) is 5.91 Å². The zero-order valence-electron chi connectivity index (χ0n) is 14.0. The minimum absolute atomic E-state index is 0.0151. The van der Waals surface area contributed by atoms with Crippen LogP contribution in [0.3, 0.4) is 0 Å². The number of hydrogen-bond donors (Lipinski definition) is 1. The van der Waals surface area contributed by atoms with Crippen LogP contribution in [0.2, 0.25) is 10.0 Å². The summed E-state index contributed by atoms with van der Waals surface area (Å²) in [6.07, 6.45) is 0. The maximum atomic E-state index is 13.2. The fraction of sp³-hybridized carbons (Fsp3) is 0.412. The number of nitrogens with one attached hydrogen (secondary N) is 1. The van der Waals surface area contributed by atoms with Crippen LogP contribution in [0.4, 0.5) is 0 Å². The van der Waals surface area contributed by atoms with Crippen molar-refractivity contribution in [2.45, 2.75) is 13.0 Å². The molecule has 0 saturated carbocycles. The Balaban J connectivity index is 2.03. The Kier molecular flexibility index (Phi) is 5.53. The van der Waals surface area contributed by atoms with Gasteiger partial charge in [0.05, 0.1) is 34.9 Å². The van der Waals surface area contributed by atoms with Gasteiger partial charge in [-0.3, -0.25) is 4.79 Å². The van der Waals surface area contributed by atoms with E-state index in [1.54, 1.807) is 12.1 Å². The molecule has 2 heterocycles. The monoisotopic (exact) mass is 399 g/mol. The summed E-state index contributed by atoms with van der Waals surface area (Å²) in [7, 11) is 1.85. The van der Waals surface area contributed by atoms with Crippen molar-refractivity contribution in [2.75, 3.05) is 33.4 Å². The average molecular weight is 400 g/mol. The van der Waals surface area contributed by atoms with Crippen LogP contribution < -0.4 is 5.32 Å². The maximum Gasteiger partial charge on any atom is 0.254 e. The molecule has 1 atom stereocenters. The summed E-state index contributed by atoms with van der Waals surface area (Å²) in [6.45, 7) is 4.18. The molecule has 0 radical (unpaired) electrons. The zero-order valence-corrected chi connectivity index (χ0v) is 16.3. The number of benzene rings is 1. The number of carbonyl (C=O) groups excluding carboxylic acids is 1. The van der Waals surface area contributed by atoms with Crippen molar-refractivity contribution in [1.82, 2.24) is 15.1 Å². The summed E-state index contributed by atoms with van der Waals surface area (Å²) in [5.41, 5.74) is 2.34. The second kappa shape index (κ2) is 7.50. The molecular formula is C17H19Cl2N3O2S. The van der Waals surface area contributed by atoms with Gasteiger partial charge in [-0.05, 0) is 36.8 Å². The second-order valence-corrected chi connectivity index (χ2v) is 7.22. The lowest BCUT2D eigenvalue weighted by Gasteiger charge is -2.38. The van der Waals surface area contributed by atoms with Crippen molar-refractivity contribution in [3.63, 3.8) is 0 Å². The molecular weight excluding hydrogens is 381 g/mol. The van der Waals surface area contributed by atoms with Crippen LogP contribution in [0.5, 0.6) is 0 Å². The lowest BCUT2D eigenvalue weighted by atomic mass is 9.94. The number of amides is 1. The number of ether oxygens (including phenoxy) is 1. The number of morpholine rings is 1. The Morgan fingerprint density at radius 3 is 2.60 bits per heavy atom. The van der Waals surface area contributed by atoms with Gasteiger partial charge in [0.15, 0.2) is 5.11 Å². The molecule has 25 heavy (non-hydrogen) atoms. The summed E-state index contributed by atoms with van der Waals surface area (Å²) in [5.74, 6) is -0.0151. The number of hydrogen-bond acceptors (Lipinski definition) is 3. The first-order valence-corrected chi connectivity index (χ1v) is 9.13. The predicted molar refractivity (Wildman–Crippen MR) is 103 cm³/mol. The molecule has 5 nitrogen and oxygen atoms in total. The largest absolute Gasteiger partial charge is 0.378 e. The van der Waals surface area contributed by atoms with Crippen molar-refractivity contribution in [3.8, 4) is 0 Å². The summed E-state index contributed by atoms with van der Waals surface area (Å²) in [4.78, 5) is 16.8. The smallest absolute Gasteiger partial charge is 0.254 e. The van der Waals surface area contributed by atoms with E-state index in [0.717, 1.165) is 11.3 Å². The number of thiocarbonyl (C=S) groups is 1. The normalized spacial score (nSPS) is 21.4. The van der Waals surface area contributed by atoms with E-state index in [-0.39, 0.29) is 11.9 Å². The first kappa shape index (κ1) is 18.5. The van der Waals surface area contributed by atoms with Crippen molar-refractivity contribution in [3.05, 3.63) is 45.1 Å². The topological polar surface area (TPSA) is 44.8 Å². The van der Waals surface area contributed by atoms with Crippen molar-refractivity contribution >= 4 is 46.4 Å². The SMILES string of the molecule is CC1=C(C(=O)N2CCOCC2)C(c2ccc(Cl)c(Cl)c2)NC(=S)N1C. The third-order valence-corrected chi connectivity index (χ3v) is 5.69. The molecule has 2 aliphatic heterocycles. The Hall–Kier alpha value is -1.34. The predicted octanol–water partition coefficient (Wildman–Crippen LogP) is 2.99. The molecule has 1 aromatic carbocycles. The molecule has 3 rings (SSSR count). The number of nitrogens with zero attached hydrogens (tertiary/aromatic N) is 2. The van der Waals surface area contributed by atoms with Crippen LogP contribution in [-0.2, 0) is 9.53 Å². The second-order valence-electron chi connectivity index (χ2n) is 6.02. The van der Waals surface area contributed by atoms with E-state index < -0.39 is 0 Å². The maximum absolute atomic E-state index is 13.2. The first-order valence-electron chi connectivity index (χ1n) is 7.97. The number of carbonyl (C=O) groups is 1. The molecule has 0 spiro atoms. The van der Waals surface area contributed by atoms with E-state index in [1.807, 2.05) is 29.8 Å². The highest BCUT2D eigenvalue weighted by molar-refractivity contribution is 7.80. The summed E-state index contributed by atoms with van der Waals surface area (Å²) in [6, 6.07) is 5.00. The van der Waals surface area contributed by atoms with Gasteiger partial charge in [-0.25, -0.2) is 0 Å². The van der Waals surface area contributed by atoms with Crippen LogP contribution in [0.25, 0.3) is 0 Å². The van der Waals surface area contributed by atoms with Crippen molar-refractivity contribution in [2.24, 2.45) is 0 Å². The molecule has 0 aliphatic carbocycles. The fourth-order valence-electron chi connectivity index (χ4n) is 2.99. The van der Waals surface area contributed by atoms with Gasteiger partial charge >= 0.3 is 0 Å². The van der Waals surface area contributed by atoms with Gasteiger partial charge < -0.3 is 19.9 Å². The summed E-state index contributed by atoms with van der Waals surface area (Å²) in [5, 5.41) is 4.73. The van der Waals surface area contributed by atoms with Crippen LogP contribution in [0.15, 0.2) is 29.5 Å². The highest BCUT2D eigenvalue weighted by atomic mass is 35.5. The first-order chi connectivity index (χ1) is 11.9. The Morgan fingerprint density at radius 2 is 1.96 bits per heavy atom. The lowest BCUT2D eigenvalue weighted by molar-refractivity contribution is -0.131. The molecule has 1 amide bonds. The van der Waals surface area contributed by atoms with Gasteiger partial charge in [0.1, 0.15) is 0 Å². The van der Waals surface area contributed by atoms with E-state index >= 15 is 0 Å². The molecule has 1 saturated heterocycles.